The molecule has 1 N–H and O–H groups in total. The Bertz CT molecular complexity index is 319. The largest absolute Gasteiger partial charge is 0.426 e. The Morgan fingerprint density at radius 3 is 2.75 bits per heavy atom. The highest BCUT2D eigenvalue weighted by molar-refractivity contribution is 4.79. The van der Waals surface area contributed by atoms with Crippen LogP contribution in [0.4, 0.5) is 0 Å². The summed E-state index contributed by atoms with van der Waals surface area (Å²) < 4.78 is 5.31. The fourth-order valence-corrected chi connectivity index (χ4v) is 2.04. The summed E-state index contributed by atoms with van der Waals surface area (Å²) in [5, 5.41) is 17.1. The van der Waals surface area contributed by atoms with Gasteiger partial charge in [-0.15, -0.1) is 10.2 Å². The molecule has 0 saturated carbocycles. The number of rotatable bonds is 4. The number of hydrogen-bond acceptors (Lipinski definition) is 5. The molecule has 0 unspecified atom stereocenters. The van der Waals surface area contributed by atoms with Gasteiger partial charge in [0.2, 0.25) is 11.8 Å². The quantitative estimate of drug-likeness (QED) is 0.820. The summed E-state index contributed by atoms with van der Waals surface area (Å²) in [6.45, 7) is 4.87. The summed E-state index contributed by atoms with van der Waals surface area (Å²) in [7, 11) is 0. The van der Waals surface area contributed by atoms with Gasteiger partial charge in [-0.2, -0.15) is 0 Å². The molecule has 1 aliphatic rings. The standard InChI is InChI=1S/C11H19N3O2/c1-9-12-13-11(16-9)3-2-6-14-7-4-10(15)5-8-14/h10,15H,2-8H2,1H3. The summed E-state index contributed by atoms with van der Waals surface area (Å²) in [5.41, 5.74) is 0. The van der Waals surface area contributed by atoms with E-state index in [2.05, 4.69) is 15.1 Å². The van der Waals surface area contributed by atoms with E-state index >= 15 is 0 Å². The van der Waals surface area contributed by atoms with Gasteiger partial charge in [0.1, 0.15) is 0 Å². The minimum Gasteiger partial charge on any atom is -0.426 e. The molecule has 0 aromatic carbocycles. The zero-order valence-electron chi connectivity index (χ0n) is 9.72. The normalized spacial score (nSPS) is 19.1. The molecule has 5 nitrogen and oxygen atoms in total. The van der Waals surface area contributed by atoms with Crippen molar-refractivity contribution in [2.75, 3.05) is 19.6 Å². The van der Waals surface area contributed by atoms with Crippen molar-refractivity contribution in [1.82, 2.24) is 15.1 Å². The number of aryl methyl sites for hydroxylation is 2. The van der Waals surface area contributed by atoms with Crippen LogP contribution in [0.2, 0.25) is 0 Å². The predicted molar refractivity (Wildman–Crippen MR) is 59.0 cm³/mol. The highest BCUT2D eigenvalue weighted by Crippen LogP contribution is 2.11. The first-order valence-electron chi connectivity index (χ1n) is 5.93. The molecule has 0 spiro atoms. The van der Waals surface area contributed by atoms with Crippen molar-refractivity contribution in [2.24, 2.45) is 0 Å². The van der Waals surface area contributed by atoms with Crippen LogP contribution in [0.15, 0.2) is 4.42 Å². The average molecular weight is 225 g/mol. The monoisotopic (exact) mass is 225 g/mol. The zero-order chi connectivity index (χ0) is 11.4. The van der Waals surface area contributed by atoms with Crippen molar-refractivity contribution in [3.05, 3.63) is 11.8 Å². The first-order chi connectivity index (χ1) is 7.74. The van der Waals surface area contributed by atoms with E-state index < -0.39 is 0 Å². The smallest absolute Gasteiger partial charge is 0.216 e. The lowest BCUT2D eigenvalue weighted by molar-refractivity contribution is 0.0819. The van der Waals surface area contributed by atoms with E-state index in [1.165, 1.54) is 0 Å². The molecule has 0 bridgehead atoms. The Morgan fingerprint density at radius 2 is 2.12 bits per heavy atom. The van der Waals surface area contributed by atoms with Crippen molar-refractivity contribution in [3.63, 3.8) is 0 Å². The van der Waals surface area contributed by atoms with Gasteiger partial charge in [0, 0.05) is 26.4 Å². The van der Waals surface area contributed by atoms with E-state index in [0.717, 1.165) is 51.2 Å². The number of aliphatic hydroxyl groups is 1. The topological polar surface area (TPSA) is 62.4 Å². The molecule has 0 aliphatic carbocycles. The van der Waals surface area contributed by atoms with E-state index in [1.54, 1.807) is 0 Å². The van der Waals surface area contributed by atoms with Gasteiger partial charge in [0.05, 0.1) is 6.10 Å². The molecule has 2 rings (SSSR count). The second-order valence-corrected chi connectivity index (χ2v) is 4.39. The minimum absolute atomic E-state index is 0.0881. The Kier molecular flexibility index (Phi) is 3.90. The summed E-state index contributed by atoms with van der Waals surface area (Å²) in [4.78, 5) is 2.38. The molecule has 1 aromatic rings. The van der Waals surface area contributed by atoms with Crippen LogP contribution in [0, 0.1) is 6.92 Å². The molecule has 1 aromatic heterocycles. The zero-order valence-corrected chi connectivity index (χ0v) is 9.72. The first kappa shape index (κ1) is 11.5. The lowest BCUT2D eigenvalue weighted by atomic mass is 10.1. The van der Waals surface area contributed by atoms with Crippen molar-refractivity contribution < 1.29 is 9.52 Å². The molecular formula is C11H19N3O2. The fraction of sp³-hybridized carbons (Fsp3) is 0.818. The Balaban J connectivity index is 1.64. The van der Waals surface area contributed by atoms with Crippen LogP contribution in [-0.4, -0.2) is 45.9 Å². The number of piperidine rings is 1. The van der Waals surface area contributed by atoms with Crippen molar-refractivity contribution in [1.29, 1.82) is 0 Å². The van der Waals surface area contributed by atoms with Crippen LogP contribution in [0.3, 0.4) is 0 Å². The minimum atomic E-state index is -0.0881. The van der Waals surface area contributed by atoms with E-state index in [0.29, 0.717) is 5.89 Å². The highest BCUT2D eigenvalue weighted by atomic mass is 16.4. The summed E-state index contributed by atoms with van der Waals surface area (Å²) in [6.07, 6.45) is 3.60. The van der Waals surface area contributed by atoms with Gasteiger partial charge >= 0.3 is 0 Å². The van der Waals surface area contributed by atoms with Crippen LogP contribution in [0.1, 0.15) is 31.0 Å². The highest BCUT2D eigenvalue weighted by Gasteiger charge is 2.16. The lowest BCUT2D eigenvalue weighted by Gasteiger charge is -2.29. The van der Waals surface area contributed by atoms with E-state index in [-0.39, 0.29) is 6.10 Å². The van der Waals surface area contributed by atoms with Crippen molar-refractivity contribution in [2.45, 2.75) is 38.7 Å². The summed E-state index contributed by atoms with van der Waals surface area (Å²) >= 11 is 0. The maximum atomic E-state index is 9.37. The molecule has 1 saturated heterocycles. The maximum absolute atomic E-state index is 9.37. The number of aliphatic hydroxyl groups excluding tert-OH is 1. The van der Waals surface area contributed by atoms with E-state index in [9.17, 15) is 5.11 Å². The average Bonchev–Trinajstić information content (AvgIpc) is 2.67. The van der Waals surface area contributed by atoms with Crippen molar-refractivity contribution in [3.8, 4) is 0 Å². The third-order valence-corrected chi connectivity index (χ3v) is 2.99. The second-order valence-electron chi connectivity index (χ2n) is 4.39. The SMILES string of the molecule is Cc1nnc(CCCN2CCC(O)CC2)o1. The van der Waals surface area contributed by atoms with Gasteiger partial charge in [-0.3, -0.25) is 0 Å². The second kappa shape index (κ2) is 5.41. The van der Waals surface area contributed by atoms with E-state index in [1.807, 2.05) is 6.92 Å². The molecule has 1 fully saturated rings. The van der Waals surface area contributed by atoms with Gasteiger partial charge in [0.15, 0.2) is 0 Å². The molecule has 5 heteroatoms. The van der Waals surface area contributed by atoms with Crippen molar-refractivity contribution >= 4 is 0 Å². The Labute approximate surface area is 95.5 Å². The molecule has 0 radical (unpaired) electrons. The van der Waals surface area contributed by atoms with Gasteiger partial charge in [-0.1, -0.05) is 0 Å². The molecular weight excluding hydrogens is 206 g/mol. The molecule has 90 valence electrons. The maximum Gasteiger partial charge on any atom is 0.216 e. The number of aromatic nitrogens is 2. The van der Waals surface area contributed by atoms with Crippen LogP contribution in [0.25, 0.3) is 0 Å². The van der Waals surface area contributed by atoms with Crippen LogP contribution in [0.5, 0.6) is 0 Å². The summed E-state index contributed by atoms with van der Waals surface area (Å²) in [5.74, 6) is 1.37. The van der Waals surface area contributed by atoms with E-state index in [4.69, 9.17) is 4.42 Å². The molecule has 1 aliphatic heterocycles. The fourth-order valence-electron chi connectivity index (χ4n) is 2.04. The predicted octanol–water partition coefficient (Wildman–Crippen LogP) is 0.767. The molecule has 16 heavy (non-hydrogen) atoms. The first-order valence-corrected chi connectivity index (χ1v) is 5.93. The van der Waals surface area contributed by atoms with Gasteiger partial charge in [-0.05, 0) is 25.8 Å². The number of likely N-dealkylation sites (tertiary alicyclic amines) is 1. The van der Waals surface area contributed by atoms with Crippen LogP contribution in [-0.2, 0) is 6.42 Å². The number of nitrogens with zero attached hydrogens (tertiary/aromatic N) is 3. The Morgan fingerprint density at radius 1 is 1.38 bits per heavy atom. The summed E-state index contributed by atoms with van der Waals surface area (Å²) in [6, 6.07) is 0. The molecule has 0 atom stereocenters. The molecule has 0 amide bonds. The third kappa shape index (κ3) is 3.28. The van der Waals surface area contributed by atoms with Gasteiger partial charge in [0.25, 0.3) is 0 Å². The van der Waals surface area contributed by atoms with Crippen LogP contribution >= 0.6 is 0 Å². The lowest BCUT2D eigenvalue weighted by Crippen LogP contribution is -2.36. The number of hydrogen-bond donors (Lipinski definition) is 1. The van der Waals surface area contributed by atoms with Crippen LogP contribution < -0.4 is 0 Å². The van der Waals surface area contributed by atoms with Gasteiger partial charge < -0.3 is 14.4 Å². The molecule has 2 heterocycles. The van der Waals surface area contributed by atoms with Gasteiger partial charge in [-0.25, -0.2) is 0 Å². The Hall–Kier alpha value is -0.940. The third-order valence-electron chi connectivity index (χ3n) is 2.99.